The van der Waals surface area contributed by atoms with Crippen LogP contribution in [0.3, 0.4) is 0 Å². The fraction of sp³-hybridized carbons (Fsp3) is 0.182. The monoisotopic (exact) mass is 391 g/mol. The number of nitrogens with zero attached hydrogens (tertiary/aromatic N) is 2. The van der Waals surface area contributed by atoms with Crippen LogP contribution in [0.15, 0.2) is 60.1 Å². The summed E-state index contributed by atoms with van der Waals surface area (Å²) in [5.74, 6) is 0.745. The van der Waals surface area contributed by atoms with Crippen molar-refractivity contribution in [3.8, 4) is 17.0 Å². The van der Waals surface area contributed by atoms with Crippen molar-refractivity contribution in [1.82, 2.24) is 14.7 Å². The SMILES string of the molecule is COc1ccccc1CNC(=O)Cc1csc2nc(-c3ccc(C)cc3)cn12. The van der Waals surface area contributed by atoms with Gasteiger partial charge in [0.05, 0.1) is 19.2 Å². The van der Waals surface area contributed by atoms with Crippen molar-refractivity contribution in [2.45, 2.75) is 19.9 Å². The molecule has 0 unspecified atom stereocenters. The first-order valence-corrected chi connectivity index (χ1v) is 9.93. The first-order valence-electron chi connectivity index (χ1n) is 9.05. The third-order valence-electron chi connectivity index (χ3n) is 4.64. The van der Waals surface area contributed by atoms with E-state index in [0.717, 1.165) is 33.2 Å². The topological polar surface area (TPSA) is 55.6 Å². The largest absolute Gasteiger partial charge is 0.496 e. The van der Waals surface area contributed by atoms with Gasteiger partial charge < -0.3 is 10.1 Å². The Kier molecular flexibility index (Phi) is 5.12. The maximum atomic E-state index is 12.5. The molecule has 0 fully saturated rings. The number of amides is 1. The van der Waals surface area contributed by atoms with E-state index in [1.165, 1.54) is 5.56 Å². The summed E-state index contributed by atoms with van der Waals surface area (Å²) in [5.41, 5.74) is 5.11. The first-order chi connectivity index (χ1) is 13.6. The number of methoxy groups -OCH3 is 1. The molecule has 2 aromatic carbocycles. The molecule has 142 valence electrons. The van der Waals surface area contributed by atoms with Crippen LogP contribution in [0, 0.1) is 6.92 Å². The predicted molar refractivity (Wildman–Crippen MR) is 112 cm³/mol. The summed E-state index contributed by atoms with van der Waals surface area (Å²) >= 11 is 1.55. The van der Waals surface area contributed by atoms with Crippen LogP contribution in [0.1, 0.15) is 16.8 Å². The smallest absolute Gasteiger partial charge is 0.226 e. The van der Waals surface area contributed by atoms with E-state index in [4.69, 9.17) is 9.72 Å². The molecule has 1 N–H and O–H groups in total. The minimum atomic E-state index is -0.0313. The molecule has 2 heterocycles. The number of para-hydroxylation sites is 1. The van der Waals surface area contributed by atoms with E-state index in [-0.39, 0.29) is 5.91 Å². The van der Waals surface area contributed by atoms with Crippen LogP contribution in [0.5, 0.6) is 5.75 Å². The Morgan fingerprint density at radius 1 is 1.18 bits per heavy atom. The summed E-state index contributed by atoms with van der Waals surface area (Å²) in [6.07, 6.45) is 2.30. The van der Waals surface area contributed by atoms with Crippen molar-refractivity contribution in [1.29, 1.82) is 0 Å². The molecule has 0 aliphatic heterocycles. The molecule has 4 aromatic rings. The number of ether oxygens (including phenoxy) is 1. The van der Waals surface area contributed by atoms with Crippen LogP contribution < -0.4 is 10.1 Å². The third-order valence-corrected chi connectivity index (χ3v) is 5.53. The number of benzene rings is 2. The number of hydrogen-bond donors (Lipinski definition) is 1. The van der Waals surface area contributed by atoms with Crippen molar-refractivity contribution >= 4 is 22.2 Å². The Balaban J connectivity index is 1.47. The second-order valence-electron chi connectivity index (χ2n) is 6.64. The molecule has 0 bridgehead atoms. The van der Waals surface area contributed by atoms with Gasteiger partial charge in [-0.25, -0.2) is 4.98 Å². The number of aromatic nitrogens is 2. The Labute approximate surface area is 167 Å². The number of carbonyl (C=O) groups excluding carboxylic acids is 1. The van der Waals surface area contributed by atoms with E-state index in [1.807, 2.05) is 40.2 Å². The molecule has 0 radical (unpaired) electrons. The Hall–Kier alpha value is -3.12. The molecule has 0 atom stereocenters. The molecule has 1 amide bonds. The second kappa shape index (κ2) is 7.86. The van der Waals surface area contributed by atoms with Gasteiger partial charge in [0.1, 0.15) is 5.75 Å². The maximum Gasteiger partial charge on any atom is 0.226 e. The number of hydrogen-bond acceptors (Lipinski definition) is 4. The molecule has 2 aromatic heterocycles. The van der Waals surface area contributed by atoms with Crippen molar-refractivity contribution in [3.05, 3.63) is 76.9 Å². The van der Waals surface area contributed by atoms with Crippen molar-refractivity contribution in [2.24, 2.45) is 0 Å². The number of aryl methyl sites for hydroxylation is 1. The Morgan fingerprint density at radius 2 is 1.96 bits per heavy atom. The number of thiazole rings is 1. The molecule has 28 heavy (non-hydrogen) atoms. The fourth-order valence-electron chi connectivity index (χ4n) is 3.09. The average molecular weight is 391 g/mol. The van der Waals surface area contributed by atoms with Gasteiger partial charge in [0, 0.05) is 34.9 Å². The molecule has 0 saturated heterocycles. The van der Waals surface area contributed by atoms with Crippen LogP contribution in [-0.4, -0.2) is 22.4 Å². The zero-order valence-electron chi connectivity index (χ0n) is 15.8. The van der Waals surface area contributed by atoms with Gasteiger partial charge in [-0.05, 0) is 13.0 Å². The highest BCUT2D eigenvalue weighted by Crippen LogP contribution is 2.24. The van der Waals surface area contributed by atoms with Gasteiger partial charge in [-0.1, -0.05) is 48.0 Å². The van der Waals surface area contributed by atoms with Gasteiger partial charge in [0.2, 0.25) is 5.91 Å². The van der Waals surface area contributed by atoms with Gasteiger partial charge >= 0.3 is 0 Å². The van der Waals surface area contributed by atoms with E-state index in [0.29, 0.717) is 13.0 Å². The van der Waals surface area contributed by atoms with Crippen LogP contribution in [0.25, 0.3) is 16.2 Å². The quantitative estimate of drug-likeness (QED) is 0.535. The van der Waals surface area contributed by atoms with Crippen LogP contribution in [-0.2, 0) is 17.8 Å². The lowest BCUT2D eigenvalue weighted by atomic mass is 10.1. The molecule has 4 rings (SSSR count). The molecule has 0 saturated carbocycles. The number of fused-ring (bicyclic) bond motifs is 1. The zero-order valence-corrected chi connectivity index (χ0v) is 16.6. The molecule has 6 heteroatoms. The van der Waals surface area contributed by atoms with Crippen LogP contribution in [0.4, 0.5) is 0 Å². The van der Waals surface area contributed by atoms with Gasteiger partial charge in [0.25, 0.3) is 0 Å². The van der Waals surface area contributed by atoms with E-state index in [2.05, 4.69) is 36.5 Å². The van der Waals surface area contributed by atoms with E-state index in [9.17, 15) is 4.79 Å². The van der Waals surface area contributed by atoms with Gasteiger partial charge in [-0.3, -0.25) is 9.20 Å². The maximum absolute atomic E-state index is 12.5. The molecular formula is C22H21N3O2S. The van der Waals surface area contributed by atoms with E-state index < -0.39 is 0 Å². The van der Waals surface area contributed by atoms with E-state index >= 15 is 0 Å². The highest BCUT2D eigenvalue weighted by molar-refractivity contribution is 7.15. The fourth-order valence-corrected chi connectivity index (χ4v) is 3.96. The summed E-state index contributed by atoms with van der Waals surface area (Å²) < 4.78 is 7.33. The molecule has 0 spiro atoms. The minimum absolute atomic E-state index is 0.0313. The Morgan fingerprint density at radius 3 is 2.75 bits per heavy atom. The van der Waals surface area contributed by atoms with Crippen molar-refractivity contribution in [2.75, 3.05) is 7.11 Å². The Bertz CT molecular complexity index is 1110. The molecule has 0 aliphatic carbocycles. The lowest BCUT2D eigenvalue weighted by Gasteiger charge is -2.09. The van der Waals surface area contributed by atoms with Crippen LogP contribution >= 0.6 is 11.3 Å². The summed E-state index contributed by atoms with van der Waals surface area (Å²) in [6.45, 7) is 2.51. The average Bonchev–Trinajstić information content (AvgIpc) is 3.29. The zero-order chi connectivity index (χ0) is 19.5. The summed E-state index contributed by atoms with van der Waals surface area (Å²) in [6, 6.07) is 16.0. The highest BCUT2D eigenvalue weighted by atomic mass is 32.1. The van der Waals surface area contributed by atoms with Crippen molar-refractivity contribution < 1.29 is 9.53 Å². The lowest BCUT2D eigenvalue weighted by Crippen LogP contribution is -2.25. The van der Waals surface area contributed by atoms with Gasteiger partial charge in [-0.2, -0.15) is 0 Å². The summed E-state index contributed by atoms with van der Waals surface area (Å²) in [5, 5.41) is 4.96. The minimum Gasteiger partial charge on any atom is -0.496 e. The summed E-state index contributed by atoms with van der Waals surface area (Å²) in [7, 11) is 1.63. The second-order valence-corrected chi connectivity index (χ2v) is 7.47. The van der Waals surface area contributed by atoms with Crippen molar-refractivity contribution in [3.63, 3.8) is 0 Å². The van der Waals surface area contributed by atoms with Gasteiger partial charge in [-0.15, -0.1) is 11.3 Å². The van der Waals surface area contributed by atoms with Gasteiger partial charge in [0.15, 0.2) is 4.96 Å². The number of imidazole rings is 1. The predicted octanol–water partition coefficient (Wildman–Crippen LogP) is 4.24. The van der Waals surface area contributed by atoms with E-state index in [1.54, 1.807) is 18.4 Å². The standard InChI is InChI=1S/C22H21N3O2S/c1-15-7-9-16(10-8-15)19-13-25-18(14-28-22(25)24-19)11-21(26)23-12-17-5-3-4-6-20(17)27-2/h3-10,13-14H,11-12H2,1-2H3,(H,23,26). The third kappa shape index (κ3) is 3.77. The molecule has 5 nitrogen and oxygen atoms in total. The number of nitrogens with one attached hydrogen (secondary N) is 1. The first kappa shape index (κ1) is 18.3. The number of rotatable bonds is 6. The summed E-state index contributed by atoms with van der Waals surface area (Å²) in [4.78, 5) is 18.0. The molecule has 0 aliphatic rings. The normalized spacial score (nSPS) is 10.9. The molecular weight excluding hydrogens is 370 g/mol. The number of carbonyl (C=O) groups is 1. The van der Waals surface area contributed by atoms with Crippen LogP contribution in [0.2, 0.25) is 0 Å². The highest BCUT2D eigenvalue weighted by Gasteiger charge is 2.13. The lowest BCUT2D eigenvalue weighted by molar-refractivity contribution is -0.120.